The molecule has 4 heterocycles. The summed E-state index contributed by atoms with van der Waals surface area (Å²) in [6, 6.07) is 2.25. The monoisotopic (exact) mass is 508 g/mol. The van der Waals surface area contributed by atoms with Gasteiger partial charge >= 0.3 is 0 Å². The van der Waals surface area contributed by atoms with Crippen molar-refractivity contribution in [3.8, 4) is 0 Å². The zero-order valence-corrected chi connectivity index (χ0v) is 23.7. The van der Waals surface area contributed by atoms with E-state index in [-0.39, 0.29) is 24.4 Å². The highest BCUT2D eigenvalue weighted by Gasteiger charge is 2.41. The van der Waals surface area contributed by atoms with E-state index >= 15 is 0 Å². The van der Waals surface area contributed by atoms with Crippen LogP contribution in [0.15, 0.2) is 0 Å². The Hall–Kier alpha value is -0.280. The molecule has 4 aliphatic heterocycles. The highest BCUT2D eigenvalue weighted by Crippen LogP contribution is 2.33. The van der Waals surface area contributed by atoms with Gasteiger partial charge in [-0.1, -0.05) is 34.1 Å². The number of hydrogen-bond donors (Lipinski definition) is 5. The van der Waals surface area contributed by atoms with Crippen LogP contribution in [0.5, 0.6) is 0 Å². The summed E-state index contributed by atoms with van der Waals surface area (Å²) >= 11 is 0. The molecule has 4 saturated heterocycles. The lowest BCUT2D eigenvalue weighted by Gasteiger charge is -2.47. The second kappa shape index (κ2) is 13.2. The minimum absolute atomic E-state index is 0.178. The molecule has 5 N–H and O–H groups in total. The fourth-order valence-electron chi connectivity index (χ4n) is 7.47. The standard InChI is InChI=1S/C29H56N4O3/c1-6-18(3)9-25-15-29(36-25)28-14-24(35)12-22(32-28)17-33(5)16-21-8-19(4)10-26(31-21)27-13-23(34)11-20(7-2)30-27/h18-32,34-35H,6-17H2,1-5H3. The van der Waals surface area contributed by atoms with E-state index in [0.717, 1.165) is 64.0 Å². The van der Waals surface area contributed by atoms with Gasteiger partial charge in [0.15, 0.2) is 0 Å². The molecule has 36 heavy (non-hydrogen) atoms. The fourth-order valence-corrected chi connectivity index (χ4v) is 7.47. The van der Waals surface area contributed by atoms with Crippen LogP contribution in [0, 0.1) is 11.8 Å². The highest BCUT2D eigenvalue weighted by atomic mass is 16.5. The van der Waals surface area contributed by atoms with E-state index < -0.39 is 0 Å². The maximum Gasteiger partial charge on any atom is 0.0757 e. The number of likely N-dealkylation sites (N-methyl/N-ethyl adjacent to an activating group) is 1. The Kier molecular flexibility index (Phi) is 10.5. The summed E-state index contributed by atoms with van der Waals surface area (Å²) in [4.78, 5) is 2.45. The molecule has 0 aromatic rings. The van der Waals surface area contributed by atoms with Crippen LogP contribution in [-0.4, -0.2) is 95.9 Å². The predicted molar refractivity (Wildman–Crippen MR) is 146 cm³/mol. The van der Waals surface area contributed by atoms with Crippen molar-refractivity contribution >= 4 is 0 Å². The third-order valence-electron chi connectivity index (χ3n) is 9.57. The molecule has 0 aromatic heterocycles. The van der Waals surface area contributed by atoms with Gasteiger partial charge in [-0.2, -0.15) is 0 Å². The minimum atomic E-state index is -0.237. The van der Waals surface area contributed by atoms with Gasteiger partial charge in [0.1, 0.15) is 0 Å². The predicted octanol–water partition coefficient (Wildman–Crippen LogP) is 2.64. The summed E-state index contributed by atoms with van der Waals surface area (Å²) in [5, 5.41) is 32.7. The van der Waals surface area contributed by atoms with Crippen molar-refractivity contribution < 1.29 is 14.9 Å². The quantitative estimate of drug-likeness (QED) is 0.310. The van der Waals surface area contributed by atoms with Crippen molar-refractivity contribution in [2.24, 2.45) is 11.8 Å². The lowest BCUT2D eigenvalue weighted by Crippen LogP contribution is -2.62. The summed E-state index contributed by atoms with van der Waals surface area (Å²) in [6.45, 7) is 11.1. The molecule has 12 unspecified atom stereocenters. The molecule has 0 spiro atoms. The molecule has 0 radical (unpaired) electrons. The maximum absolute atomic E-state index is 10.6. The van der Waals surface area contributed by atoms with Crippen molar-refractivity contribution in [2.75, 3.05) is 20.1 Å². The summed E-state index contributed by atoms with van der Waals surface area (Å²) in [5.74, 6) is 1.42. The maximum atomic E-state index is 10.6. The minimum Gasteiger partial charge on any atom is -0.393 e. The average Bonchev–Trinajstić information content (AvgIpc) is 2.79. The van der Waals surface area contributed by atoms with Gasteiger partial charge in [-0.25, -0.2) is 0 Å². The highest BCUT2D eigenvalue weighted by molar-refractivity contribution is 4.98. The SMILES string of the molecule is CCC(C)CC1CC(C2CC(O)CC(CN(C)CC3CC(C)CC(C4CC(O)CC(CC)N4)N3)N2)O1. The molecule has 7 heteroatoms. The Labute approximate surface area is 220 Å². The van der Waals surface area contributed by atoms with Gasteiger partial charge < -0.3 is 35.8 Å². The first-order valence-corrected chi connectivity index (χ1v) is 15.2. The number of hydrogen-bond acceptors (Lipinski definition) is 7. The summed E-state index contributed by atoms with van der Waals surface area (Å²) < 4.78 is 6.26. The lowest BCUT2D eigenvalue weighted by molar-refractivity contribution is -0.156. The van der Waals surface area contributed by atoms with E-state index in [2.05, 4.69) is 55.6 Å². The van der Waals surface area contributed by atoms with Gasteiger partial charge in [-0.15, -0.1) is 0 Å². The van der Waals surface area contributed by atoms with Gasteiger partial charge in [-0.05, 0) is 70.3 Å². The van der Waals surface area contributed by atoms with Gasteiger partial charge in [0, 0.05) is 55.8 Å². The molecular weight excluding hydrogens is 452 g/mol. The van der Waals surface area contributed by atoms with Gasteiger partial charge in [0.2, 0.25) is 0 Å². The van der Waals surface area contributed by atoms with Gasteiger partial charge in [-0.3, -0.25) is 0 Å². The Morgan fingerprint density at radius 2 is 1.36 bits per heavy atom. The molecule has 210 valence electrons. The van der Waals surface area contributed by atoms with Crippen molar-refractivity contribution in [1.29, 1.82) is 0 Å². The molecule has 0 saturated carbocycles. The van der Waals surface area contributed by atoms with Crippen molar-refractivity contribution in [3.63, 3.8) is 0 Å². The van der Waals surface area contributed by atoms with Crippen LogP contribution in [-0.2, 0) is 4.74 Å². The van der Waals surface area contributed by atoms with Crippen LogP contribution < -0.4 is 16.0 Å². The van der Waals surface area contributed by atoms with E-state index in [9.17, 15) is 10.2 Å². The van der Waals surface area contributed by atoms with E-state index in [1.54, 1.807) is 0 Å². The summed E-state index contributed by atoms with van der Waals surface area (Å²) in [6.07, 6.45) is 10.6. The zero-order valence-electron chi connectivity index (χ0n) is 23.7. The van der Waals surface area contributed by atoms with Crippen molar-refractivity contribution in [3.05, 3.63) is 0 Å². The number of piperidine rings is 3. The number of rotatable bonds is 10. The first-order valence-electron chi connectivity index (χ1n) is 15.2. The third-order valence-corrected chi connectivity index (χ3v) is 9.57. The molecule has 0 aromatic carbocycles. The Balaban J connectivity index is 1.23. The molecule has 7 nitrogen and oxygen atoms in total. The molecule has 0 bridgehead atoms. The summed E-state index contributed by atoms with van der Waals surface area (Å²) in [5.41, 5.74) is 0. The van der Waals surface area contributed by atoms with Crippen molar-refractivity contribution in [1.82, 2.24) is 20.9 Å². The van der Waals surface area contributed by atoms with Crippen LogP contribution >= 0.6 is 0 Å². The zero-order chi connectivity index (χ0) is 25.8. The van der Waals surface area contributed by atoms with Crippen LogP contribution in [0.4, 0.5) is 0 Å². The number of nitrogens with one attached hydrogen (secondary N) is 3. The summed E-state index contributed by atoms with van der Waals surface area (Å²) in [7, 11) is 2.23. The topological polar surface area (TPSA) is 89.0 Å². The van der Waals surface area contributed by atoms with E-state index in [1.807, 2.05) is 0 Å². The van der Waals surface area contributed by atoms with Crippen LogP contribution in [0.3, 0.4) is 0 Å². The van der Waals surface area contributed by atoms with Crippen LogP contribution in [0.2, 0.25) is 0 Å². The number of ether oxygens (including phenoxy) is 1. The average molecular weight is 509 g/mol. The van der Waals surface area contributed by atoms with E-state index in [4.69, 9.17) is 4.74 Å². The van der Waals surface area contributed by atoms with E-state index in [0.29, 0.717) is 42.2 Å². The molecule has 0 amide bonds. The first-order chi connectivity index (χ1) is 17.2. The molecule has 4 fully saturated rings. The molecular formula is C29H56N4O3. The first kappa shape index (κ1) is 28.7. The second-order valence-corrected chi connectivity index (χ2v) is 13.1. The largest absolute Gasteiger partial charge is 0.393 e. The Morgan fingerprint density at radius 3 is 2.03 bits per heavy atom. The number of nitrogens with zero attached hydrogens (tertiary/aromatic N) is 1. The van der Waals surface area contributed by atoms with E-state index in [1.165, 1.54) is 19.3 Å². The number of aliphatic hydroxyl groups excluding tert-OH is 2. The van der Waals surface area contributed by atoms with Gasteiger partial charge in [0.25, 0.3) is 0 Å². The van der Waals surface area contributed by atoms with Crippen molar-refractivity contribution in [2.45, 2.75) is 153 Å². The molecule has 12 atom stereocenters. The molecule has 0 aliphatic carbocycles. The molecule has 4 aliphatic rings. The van der Waals surface area contributed by atoms with Gasteiger partial charge in [0.05, 0.1) is 24.4 Å². The van der Waals surface area contributed by atoms with Crippen LogP contribution in [0.25, 0.3) is 0 Å². The molecule has 4 rings (SSSR count). The fraction of sp³-hybridized carbons (Fsp3) is 1.00. The smallest absolute Gasteiger partial charge is 0.0757 e. The number of aliphatic hydroxyl groups is 2. The Morgan fingerprint density at radius 1 is 0.806 bits per heavy atom. The Bertz CT molecular complexity index is 662. The lowest BCUT2D eigenvalue weighted by atomic mass is 9.81. The van der Waals surface area contributed by atoms with Crippen LogP contribution in [0.1, 0.15) is 91.9 Å². The normalized spacial score (nSPS) is 44.8. The second-order valence-electron chi connectivity index (χ2n) is 13.1. The third kappa shape index (κ3) is 7.87.